The molecule has 3 nitrogen and oxygen atoms in total. The van der Waals surface area contributed by atoms with E-state index in [0.717, 1.165) is 26.2 Å². The smallest absolute Gasteiger partial charge is 0.0795 e. The Bertz CT molecular complexity index is 286. The molecule has 3 fully saturated rings. The van der Waals surface area contributed by atoms with Crippen molar-refractivity contribution in [2.45, 2.75) is 56.3 Å². The molecule has 3 unspecified atom stereocenters. The quantitative estimate of drug-likeness (QED) is 0.852. The van der Waals surface area contributed by atoms with Crippen LogP contribution in [-0.2, 0) is 9.47 Å². The van der Waals surface area contributed by atoms with E-state index < -0.39 is 0 Å². The number of ether oxygens (including phenoxy) is 2. The second-order valence-corrected chi connectivity index (χ2v) is 7.41. The molecule has 0 amide bonds. The lowest BCUT2D eigenvalue weighted by atomic mass is 9.89. The molecule has 3 aliphatic rings. The van der Waals surface area contributed by atoms with Crippen molar-refractivity contribution < 1.29 is 9.47 Å². The largest absolute Gasteiger partial charge is 0.374 e. The van der Waals surface area contributed by atoms with E-state index in [9.17, 15) is 0 Å². The molecule has 3 heterocycles. The van der Waals surface area contributed by atoms with Gasteiger partial charge in [-0.15, -0.1) is 0 Å². The van der Waals surface area contributed by atoms with E-state index in [1.54, 1.807) is 0 Å². The van der Waals surface area contributed by atoms with Gasteiger partial charge >= 0.3 is 0 Å². The Labute approximate surface area is 114 Å². The van der Waals surface area contributed by atoms with Crippen molar-refractivity contribution in [1.29, 1.82) is 0 Å². The molecule has 3 aliphatic heterocycles. The zero-order valence-corrected chi connectivity index (χ0v) is 12.2. The Morgan fingerprint density at radius 2 is 2.22 bits per heavy atom. The van der Waals surface area contributed by atoms with E-state index in [1.165, 1.54) is 37.2 Å². The first-order valence-electron chi connectivity index (χ1n) is 7.29. The summed E-state index contributed by atoms with van der Waals surface area (Å²) in [7, 11) is 0. The van der Waals surface area contributed by atoms with Crippen molar-refractivity contribution in [2.24, 2.45) is 0 Å². The molecule has 1 N–H and O–H groups in total. The Morgan fingerprint density at radius 1 is 1.28 bits per heavy atom. The van der Waals surface area contributed by atoms with E-state index in [4.69, 9.17) is 9.47 Å². The van der Waals surface area contributed by atoms with Crippen molar-refractivity contribution in [1.82, 2.24) is 5.32 Å². The Balaban J connectivity index is 1.50. The van der Waals surface area contributed by atoms with Crippen molar-refractivity contribution in [3.63, 3.8) is 0 Å². The zero-order valence-electron chi connectivity index (χ0n) is 11.4. The summed E-state index contributed by atoms with van der Waals surface area (Å²) in [4.78, 5) is 0. The fourth-order valence-corrected chi connectivity index (χ4v) is 4.78. The number of rotatable bonds is 3. The van der Waals surface area contributed by atoms with Crippen LogP contribution in [0.2, 0.25) is 0 Å². The van der Waals surface area contributed by atoms with Crippen LogP contribution in [0.15, 0.2) is 0 Å². The average Bonchev–Trinajstić information content (AvgIpc) is 2.98. The second kappa shape index (κ2) is 5.31. The lowest BCUT2D eigenvalue weighted by molar-refractivity contribution is -0.0733. The van der Waals surface area contributed by atoms with Crippen LogP contribution in [-0.4, -0.2) is 48.5 Å². The molecule has 1 spiro atoms. The predicted octanol–water partition coefficient (Wildman–Crippen LogP) is 2.20. The maximum absolute atomic E-state index is 6.06. The van der Waals surface area contributed by atoms with Gasteiger partial charge in [-0.25, -0.2) is 0 Å². The number of nitrogens with one attached hydrogen (secondary N) is 1. The summed E-state index contributed by atoms with van der Waals surface area (Å²) < 4.78 is 11.9. The van der Waals surface area contributed by atoms with Gasteiger partial charge in [-0.3, -0.25) is 0 Å². The van der Waals surface area contributed by atoms with Gasteiger partial charge in [0.25, 0.3) is 0 Å². The number of hydrogen-bond donors (Lipinski definition) is 1. The zero-order chi connectivity index (χ0) is 12.5. The minimum atomic E-state index is 0.0793. The molecule has 0 aliphatic carbocycles. The number of hydrogen-bond acceptors (Lipinski definition) is 4. The summed E-state index contributed by atoms with van der Waals surface area (Å²) in [5.74, 6) is 2.46. The molecule has 0 saturated carbocycles. The lowest BCUT2D eigenvalue weighted by Gasteiger charge is -2.39. The molecule has 0 bridgehead atoms. The van der Waals surface area contributed by atoms with Crippen LogP contribution in [0.25, 0.3) is 0 Å². The monoisotopic (exact) mass is 271 g/mol. The van der Waals surface area contributed by atoms with E-state index in [1.807, 2.05) is 11.8 Å². The predicted molar refractivity (Wildman–Crippen MR) is 75.2 cm³/mol. The van der Waals surface area contributed by atoms with Gasteiger partial charge in [0.2, 0.25) is 0 Å². The molecule has 0 radical (unpaired) electrons. The first kappa shape index (κ1) is 13.2. The molecule has 0 aromatic heterocycles. The van der Waals surface area contributed by atoms with Gasteiger partial charge in [0.05, 0.1) is 11.2 Å². The third-order valence-corrected chi connectivity index (χ3v) is 5.85. The van der Waals surface area contributed by atoms with Crippen molar-refractivity contribution >= 4 is 11.8 Å². The highest BCUT2D eigenvalue weighted by molar-refractivity contribution is 7.99. The van der Waals surface area contributed by atoms with Gasteiger partial charge in [-0.05, 0) is 44.8 Å². The molecule has 0 aromatic rings. The van der Waals surface area contributed by atoms with E-state index >= 15 is 0 Å². The minimum absolute atomic E-state index is 0.0793. The first-order valence-corrected chi connectivity index (χ1v) is 8.44. The van der Waals surface area contributed by atoms with E-state index in [0.29, 0.717) is 6.04 Å². The van der Waals surface area contributed by atoms with Gasteiger partial charge in [0.15, 0.2) is 0 Å². The summed E-state index contributed by atoms with van der Waals surface area (Å²) in [6.45, 7) is 5.11. The molecular formula is C14H25NO2S. The fourth-order valence-electron chi connectivity index (χ4n) is 3.40. The van der Waals surface area contributed by atoms with Crippen LogP contribution in [0.1, 0.15) is 39.0 Å². The van der Waals surface area contributed by atoms with Crippen LogP contribution >= 0.6 is 11.8 Å². The molecule has 3 saturated heterocycles. The van der Waals surface area contributed by atoms with Crippen LogP contribution in [0.3, 0.4) is 0 Å². The summed E-state index contributed by atoms with van der Waals surface area (Å²) in [5, 5.41) is 3.74. The van der Waals surface area contributed by atoms with Gasteiger partial charge in [-0.1, -0.05) is 0 Å². The maximum Gasteiger partial charge on any atom is 0.0795 e. The standard InChI is InChI=1S/C14H25NO2S/c1-13(4-2-6-16-13)10-15-12-3-7-17-14(9-12)5-8-18-11-14/h12,15H,2-11H2,1H3. The Hall–Kier alpha value is 0.230. The van der Waals surface area contributed by atoms with Gasteiger partial charge in [0, 0.05) is 31.6 Å². The molecule has 3 rings (SSSR count). The van der Waals surface area contributed by atoms with E-state index in [-0.39, 0.29) is 11.2 Å². The maximum atomic E-state index is 6.06. The molecule has 4 heteroatoms. The summed E-state index contributed by atoms with van der Waals surface area (Å²) in [5.41, 5.74) is 0.272. The van der Waals surface area contributed by atoms with E-state index in [2.05, 4.69) is 12.2 Å². The number of thioether (sulfide) groups is 1. The second-order valence-electron chi connectivity index (χ2n) is 6.31. The Morgan fingerprint density at radius 3 is 2.94 bits per heavy atom. The van der Waals surface area contributed by atoms with Gasteiger partial charge < -0.3 is 14.8 Å². The van der Waals surface area contributed by atoms with Crippen molar-refractivity contribution in [2.75, 3.05) is 31.3 Å². The lowest BCUT2D eigenvalue weighted by Crippen LogP contribution is -2.50. The van der Waals surface area contributed by atoms with Crippen molar-refractivity contribution in [3.8, 4) is 0 Å². The minimum Gasteiger partial charge on any atom is -0.374 e. The third-order valence-electron chi connectivity index (χ3n) is 4.63. The Kier molecular flexibility index (Phi) is 3.90. The molecule has 104 valence electrons. The fraction of sp³-hybridized carbons (Fsp3) is 1.00. The summed E-state index contributed by atoms with van der Waals surface area (Å²) >= 11 is 2.05. The summed E-state index contributed by atoms with van der Waals surface area (Å²) in [6, 6.07) is 0.624. The van der Waals surface area contributed by atoms with Crippen LogP contribution in [0.4, 0.5) is 0 Å². The SMILES string of the molecule is CC1(CNC2CCOC3(CCSC3)C2)CCCO1. The van der Waals surface area contributed by atoms with Crippen LogP contribution in [0, 0.1) is 0 Å². The third kappa shape index (κ3) is 2.87. The highest BCUT2D eigenvalue weighted by Gasteiger charge is 2.41. The summed E-state index contributed by atoms with van der Waals surface area (Å²) in [6.07, 6.45) is 6.00. The van der Waals surface area contributed by atoms with Crippen molar-refractivity contribution in [3.05, 3.63) is 0 Å². The van der Waals surface area contributed by atoms with Gasteiger partial charge in [-0.2, -0.15) is 11.8 Å². The molecule has 3 atom stereocenters. The van der Waals surface area contributed by atoms with Crippen LogP contribution < -0.4 is 5.32 Å². The molecule has 0 aromatic carbocycles. The highest BCUT2D eigenvalue weighted by Crippen LogP contribution is 2.38. The molecular weight excluding hydrogens is 246 g/mol. The highest BCUT2D eigenvalue weighted by atomic mass is 32.2. The topological polar surface area (TPSA) is 30.5 Å². The first-order chi connectivity index (χ1) is 8.70. The van der Waals surface area contributed by atoms with Crippen LogP contribution in [0.5, 0.6) is 0 Å². The van der Waals surface area contributed by atoms with Gasteiger partial charge in [0.1, 0.15) is 0 Å². The average molecular weight is 271 g/mol. The molecule has 18 heavy (non-hydrogen) atoms. The normalized spacial score (nSPS) is 44.8.